The predicted octanol–water partition coefficient (Wildman–Crippen LogP) is 0.151. The Morgan fingerprint density at radius 2 is 2.10 bits per heavy atom. The third-order valence-electron chi connectivity index (χ3n) is 3.41. The van der Waals surface area contributed by atoms with Crippen LogP contribution in [0.4, 0.5) is 0 Å². The number of H-pyrrole nitrogens is 1. The van der Waals surface area contributed by atoms with Gasteiger partial charge < -0.3 is 9.88 Å². The van der Waals surface area contributed by atoms with E-state index in [1.165, 1.54) is 0 Å². The first-order valence-electron chi connectivity index (χ1n) is 6.36. The number of rotatable bonds is 2. The molecule has 0 aliphatic carbocycles. The number of aromatic nitrogens is 7. The van der Waals surface area contributed by atoms with Crippen LogP contribution < -0.4 is 5.32 Å². The Hall–Kier alpha value is -2.61. The second-order valence-corrected chi connectivity index (χ2v) is 4.56. The fourth-order valence-electron chi connectivity index (χ4n) is 2.48. The molecule has 8 heteroatoms. The summed E-state index contributed by atoms with van der Waals surface area (Å²) in [5.74, 6) is 1.63. The number of nitrogens with zero attached hydrogens (tertiary/aromatic N) is 6. The average molecular weight is 268 g/mol. The topological polar surface area (TPSA) is 97.2 Å². The lowest BCUT2D eigenvalue weighted by atomic mass is 10.1. The molecule has 1 unspecified atom stereocenters. The first-order valence-corrected chi connectivity index (χ1v) is 6.36. The van der Waals surface area contributed by atoms with Crippen molar-refractivity contribution < 1.29 is 0 Å². The number of nitrogens with one attached hydrogen (secondary N) is 2. The van der Waals surface area contributed by atoms with Crippen molar-refractivity contribution in [3.8, 4) is 11.5 Å². The van der Waals surface area contributed by atoms with E-state index in [1.54, 1.807) is 18.6 Å². The molecule has 0 spiro atoms. The zero-order valence-electron chi connectivity index (χ0n) is 10.6. The molecule has 4 rings (SSSR count). The van der Waals surface area contributed by atoms with Crippen molar-refractivity contribution in [2.24, 2.45) is 0 Å². The SMILES string of the molecule is c1cc(C2NCCn3c(-c4cn[nH]n4)nnc32)ccn1. The average Bonchev–Trinajstić information content (AvgIpc) is 3.16. The summed E-state index contributed by atoms with van der Waals surface area (Å²) < 4.78 is 2.08. The summed E-state index contributed by atoms with van der Waals surface area (Å²) in [6.45, 7) is 1.66. The van der Waals surface area contributed by atoms with Crippen molar-refractivity contribution in [1.29, 1.82) is 0 Å². The molecule has 0 aromatic carbocycles. The van der Waals surface area contributed by atoms with Crippen LogP contribution in [0, 0.1) is 0 Å². The summed E-state index contributed by atoms with van der Waals surface area (Å²) in [5, 5.41) is 22.5. The minimum atomic E-state index is 0.0277. The monoisotopic (exact) mass is 268 g/mol. The molecule has 1 aliphatic rings. The van der Waals surface area contributed by atoms with Gasteiger partial charge in [-0.15, -0.1) is 10.2 Å². The molecular weight excluding hydrogens is 256 g/mol. The Bertz CT molecular complexity index is 702. The molecule has 0 fully saturated rings. The van der Waals surface area contributed by atoms with Crippen LogP contribution in [0.15, 0.2) is 30.7 Å². The molecule has 1 atom stereocenters. The highest BCUT2D eigenvalue weighted by molar-refractivity contribution is 5.47. The Balaban J connectivity index is 1.80. The summed E-state index contributed by atoms with van der Waals surface area (Å²) in [5.41, 5.74) is 1.83. The van der Waals surface area contributed by atoms with E-state index in [2.05, 4.69) is 40.5 Å². The molecule has 2 N–H and O–H groups in total. The van der Waals surface area contributed by atoms with E-state index in [0.29, 0.717) is 5.69 Å². The van der Waals surface area contributed by atoms with Crippen molar-refractivity contribution in [2.45, 2.75) is 12.6 Å². The van der Waals surface area contributed by atoms with Crippen molar-refractivity contribution >= 4 is 0 Å². The van der Waals surface area contributed by atoms with Crippen molar-refractivity contribution in [1.82, 2.24) is 40.5 Å². The quantitative estimate of drug-likeness (QED) is 0.686. The number of hydrogen-bond acceptors (Lipinski definition) is 6. The maximum atomic E-state index is 4.32. The minimum absolute atomic E-state index is 0.0277. The van der Waals surface area contributed by atoms with Gasteiger partial charge in [-0.3, -0.25) is 4.98 Å². The van der Waals surface area contributed by atoms with Crippen LogP contribution >= 0.6 is 0 Å². The van der Waals surface area contributed by atoms with Gasteiger partial charge in [-0.25, -0.2) is 0 Å². The van der Waals surface area contributed by atoms with E-state index in [-0.39, 0.29) is 6.04 Å². The molecule has 8 nitrogen and oxygen atoms in total. The summed E-state index contributed by atoms with van der Waals surface area (Å²) in [4.78, 5) is 4.05. The molecule has 4 heterocycles. The standard InChI is InChI=1S/C12H12N8/c1-3-13-4-2-8(1)10-12-18-17-11(9-7-15-19-16-9)20(12)6-5-14-10/h1-4,7,10,14H,5-6H2,(H,15,16,19). The summed E-state index contributed by atoms with van der Waals surface area (Å²) in [6.07, 6.45) is 5.22. The van der Waals surface area contributed by atoms with Gasteiger partial charge in [0.25, 0.3) is 0 Å². The highest BCUT2D eigenvalue weighted by Gasteiger charge is 2.27. The van der Waals surface area contributed by atoms with Crippen LogP contribution in [0.1, 0.15) is 17.4 Å². The van der Waals surface area contributed by atoms with Crippen molar-refractivity contribution in [2.75, 3.05) is 6.54 Å². The Morgan fingerprint density at radius 3 is 2.90 bits per heavy atom. The van der Waals surface area contributed by atoms with Gasteiger partial charge in [-0.05, 0) is 17.7 Å². The van der Waals surface area contributed by atoms with Gasteiger partial charge in [0.05, 0.1) is 12.2 Å². The van der Waals surface area contributed by atoms with E-state index >= 15 is 0 Å². The fraction of sp³-hybridized carbons (Fsp3) is 0.250. The van der Waals surface area contributed by atoms with E-state index in [1.807, 2.05) is 12.1 Å². The Kier molecular flexibility index (Phi) is 2.52. The fourth-order valence-corrected chi connectivity index (χ4v) is 2.48. The summed E-state index contributed by atoms with van der Waals surface area (Å²) in [6, 6.07) is 4.00. The lowest BCUT2D eigenvalue weighted by molar-refractivity contribution is 0.457. The molecule has 100 valence electrons. The number of fused-ring (bicyclic) bond motifs is 1. The zero-order valence-corrected chi connectivity index (χ0v) is 10.6. The van der Waals surface area contributed by atoms with Gasteiger partial charge in [0.15, 0.2) is 11.6 Å². The number of pyridine rings is 1. The molecule has 0 saturated carbocycles. The zero-order chi connectivity index (χ0) is 13.4. The lowest BCUT2D eigenvalue weighted by Gasteiger charge is -2.25. The second kappa shape index (κ2) is 4.49. The molecule has 0 saturated heterocycles. The molecule has 20 heavy (non-hydrogen) atoms. The van der Waals surface area contributed by atoms with Crippen LogP contribution in [0.3, 0.4) is 0 Å². The maximum Gasteiger partial charge on any atom is 0.186 e. The normalized spacial score (nSPS) is 17.9. The molecule has 0 bridgehead atoms. The van der Waals surface area contributed by atoms with Gasteiger partial charge in [0.1, 0.15) is 5.69 Å². The van der Waals surface area contributed by atoms with Crippen LogP contribution in [0.2, 0.25) is 0 Å². The molecule has 3 aromatic rings. The van der Waals surface area contributed by atoms with Crippen LogP contribution in [0.25, 0.3) is 11.5 Å². The van der Waals surface area contributed by atoms with E-state index < -0.39 is 0 Å². The second-order valence-electron chi connectivity index (χ2n) is 4.56. The first-order chi connectivity index (χ1) is 9.93. The maximum absolute atomic E-state index is 4.32. The molecule has 0 amide bonds. The highest BCUT2D eigenvalue weighted by atomic mass is 15.4. The van der Waals surface area contributed by atoms with Crippen LogP contribution in [0.5, 0.6) is 0 Å². The third kappa shape index (κ3) is 1.69. The largest absolute Gasteiger partial charge is 0.307 e. The molecular formula is C12H12N8. The van der Waals surface area contributed by atoms with Gasteiger partial charge in [-0.1, -0.05) is 0 Å². The molecule has 3 aromatic heterocycles. The van der Waals surface area contributed by atoms with Crippen LogP contribution in [-0.4, -0.2) is 41.7 Å². The molecule has 0 radical (unpaired) electrons. The molecule has 1 aliphatic heterocycles. The van der Waals surface area contributed by atoms with E-state index in [4.69, 9.17) is 0 Å². The lowest BCUT2D eigenvalue weighted by Crippen LogP contribution is -2.34. The van der Waals surface area contributed by atoms with Gasteiger partial charge in [0, 0.05) is 25.5 Å². The van der Waals surface area contributed by atoms with Crippen LogP contribution in [-0.2, 0) is 6.54 Å². The summed E-state index contributed by atoms with van der Waals surface area (Å²) in [7, 11) is 0. The summed E-state index contributed by atoms with van der Waals surface area (Å²) >= 11 is 0. The van der Waals surface area contributed by atoms with E-state index in [9.17, 15) is 0 Å². The smallest absolute Gasteiger partial charge is 0.186 e. The van der Waals surface area contributed by atoms with Crippen molar-refractivity contribution in [3.05, 3.63) is 42.1 Å². The minimum Gasteiger partial charge on any atom is -0.307 e. The van der Waals surface area contributed by atoms with Gasteiger partial charge >= 0.3 is 0 Å². The number of aromatic amines is 1. The van der Waals surface area contributed by atoms with E-state index in [0.717, 1.165) is 30.3 Å². The highest BCUT2D eigenvalue weighted by Crippen LogP contribution is 2.26. The van der Waals surface area contributed by atoms with Gasteiger partial charge in [-0.2, -0.15) is 15.4 Å². The van der Waals surface area contributed by atoms with Crippen molar-refractivity contribution in [3.63, 3.8) is 0 Å². The predicted molar refractivity (Wildman–Crippen MR) is 69.5 cm³/mol. The third-order valence-corrected chi connectivity index (χ3v) is 3.41. The Morgan fingerprint density at radius 1 is 1.20 bits per heavy atom. The van der Waals surface area contributed by atoms with Gasteiger partial charge in [0.2, 0.25) is 0 Å². The Labute approximate surface area is 114 Å². The first kappa shape index (κ1) is 11.2. The number of hydrogen-bond donors (Lipinski definition) is 2.